The van der Waals surface area contributed by atoms with Crippen molar-refractivity contribution >= 4 is 28.1 Å². The topological polar surface area (TPSA) is 80.0 Å². The summed E-state index contributed by atoms with van der Waals surface area (Å²) >= 11 is 1.48. The van der Waals surface area contributed by atoms with Crippen LogP contribution in [0.2, 0.25) is 0 Å². The van der Waals surface area contributed by atoms with Crippen molar-refractivity contribution in [1.82, 2.24) is 4.98 Å². The summed E-state index contributed by atoms with van der Waals surface area (Å²) in [7, 11) is 0. The number of hydrogen-bond donors (Lipinski definition) is 3. The van der Waals surface area contributed by atoms with Gasteiger partial charge in [0, 0.05) is 4.88 Å². The van der Waals surface area contributed by atoms with E-state index in [-0.39, 0.29) is 5.91 Å². The summed E-state index contributed by atoms with van der Waals surface area (Å²) in [4.78, 5) is 17.9. The van der Waals surface area contributed by atoms with E-state index < -0.39 is 0 Å². The Balaban J connectivity index is 2.25. The molecule has 0 fully saturated rings. The Morgan fingerprint density at radius 1 is 1.40 bits per heavy atom. The van der Waals surface area contributed by atoms with Crippen LogP contribution in [0.1, 0.15) is 33.4 Å². The molecule has 1 heterocycles. The van der Waals surface area contributed by atoms with Crippen LogP contribution in [0.5, 0.6) is 0 Å². The standard InChI is InChI=1S/C14H18N4OS/c1-4-11-9(3)20-14(16-11)17-13(19)10-7-8(2)5-6-12(10)18-15/h5-7,18H,4,15H2,1-3H3,(H,16,17,19). The van der Waals surface area contributed by atoms with Crippen molar-refractivity contribution < 1.29 is 4.79 Å². The third-order valence-electron chi connectivity index (χ3n) is 3.02. The lowest BCUT2D eigenvalue weighted by Crippen LogP contribution is -2.17. The number of anilines is 2. The van der Waals surface area contributed by atoms with Gasteiger partial charge in [-0.25, -0.2) is 4.98 Å². The summed E-state index contributed by atoms with van der Waals surface area (Å²) < 4.78 is 0. The molecule has 0 saturated heterocycles. The number of hydrogen-bond acceptors (Lipinski definition) is 5. The summed E-state index contributed by atoms with van der Waals surface area (Å²) in [5.41, 5.74) is 5.67. The molecule has 20 heavy (non-hydrogen) atoms. The number of nitrogens with one attached hydrogen (secondary N) is 2. The molecule has 2 rings (SSSR count). The van der Waals surface area contributed by atoms with Gasteiger partial charge in [-0.05, 0) is 32.4 Å². The SMILES string of the molecule is CCc1nc(NC(=O)c2cc(C)ccc2NN)sc1C. The van der Waals surface area contributed by atoms with Gasteiger partial charge < -0.3 is 5.43 Å². The van der Waals surface area contributed by atoms with Crippen LogP contribution in [0.15, 0.2) is 18.2 Å². The Morgan fingerprint density at radius 2 is 2.15 bits per heavy atom. The number of carbonyl (C=O) groups is 1. The number of hydrazine groups is 1. The first kappa shape index (κ1) is 14.5. The monoisotopic (exact) mass is 290 g/mol. The first-order valence-electron chi connectivity index (χ1n) is 6.40. The van der Waals surface area contributed by atoms with Gasteiger partial charge in [-0.1, -0.05) is 18.6 Å². The zero-order valence-corrected chi connectivity index (χ0v) is 12.6. The maximum Gasteiger partial charge on any atom is 0.259 e. The van der Waals surface area contributed by atoms with E-state index in [1.807, 2.05) is 26.8 Å². The van der Waals surface area contributed by atoms with Crippen molar-refractivity contribution in [2.24, 2.45) is 5.84 Å². The van der Waals surface area contributed by atoms with Crippen molar-refractivity contribution in [2.45, 2.75) is 27.2 Å². The highest BCUT2D eigenvalue weighted by atomic mass is 32.1. The number of rotatable bonds is 4. The van der Waals surface area contributed by atoms with Gasteiger partial charge in [0.25, 0.3) is 5.91 Å². The maximum atomic E-state index is 12.3. The van der Waals surface area contributed by atoms with E-state index in [0.29, 0.717) is 16.4 Å². The van der Waals surface area contributed by atoms with Gasteiger partial charge in [-0.2, -0.15) is 0 Å². The minimum atomic E-state index is -0.210. The van der Waals surface area contributed by atoms with Crippen LogP contribution in [0, 0.1) is 13.8 Å². The van der Waals surface area contributed by atoms with Crippen molar-refractivity contribution in [2.75, 3.05) is 10.7 Å². The maximum absolute atomic E-state index is 12.3. The van der Waals surface area contributed by atoms with Crippen LogP contribution in [0.3, 0.4) is 0 Å². The Kier molecular flexibility index (Phi) is 4.36. The zero-order chi connectivity index (χ0) is 14.7. The highest BCUT2D eigenvalue weighted by Gasteiger charge is 2.14. The summed E-state index contributed by atoms with van der Waals surface area (Å²) in [6.45, 7) is 5.98. The lowest BCUT2D eigenvalue weighted by atomic mass is 10.1. The summed E-state index contributed by atoms with van der Waals surface area (Å²) in [5.74, 6) is 5.23. The molecule has 0 radical (unpaired) electrons. The Labute approximate surface area is 122 Å². The quantitative estimate of drug-likeness (QED) is 0.597. The molecule has 4 N–H and O–H groups in total. The minimum Gasteiger partial charge on any atom is -0.323 e. The molecule has 0 aliphatic carbocycles. The smallest absolute Gasteiger partial charge is 0.259 e. The molecule has 0 bridgehead atoms. The van der Waals surface area contributed by atoms with E-state index in [9.17, 15) is 4.79 Å². The number of aryl methyl sites for hydroxylation is 3. The summed E-state index contributed by atoms with van der Waals surface area (Å²) in [5, 5.41) is 3.45. The molecule has 1 aromatic heterocycles. The molecule has 106 valence electrons. The van der Waals surface area contributed by atoms with E-state index in [4.69, 9.17) is 5.84 Å². The lowest BCUT2D eigenvalue weighted by Gasteiger charge is -2.09. The van der Waals surface area contributed by atoms with Gasteiger partial charge in [0.1, 0.15) is 0 Å². The fourth-order valence-electron chi connectivity index (χ4n) is 1.95. The number of nitrogens with zero attached hydrogens (tertiary/aromatic N) is 1. The molecule has 1 amide bonds. The van der Waals surface area contributed by atoms with Crippen molar-refractivity contribution in [3.8, 4) is 0 Å². The molecule has 0 atom stereocenters. The fraction of sp³-hybridized carbons (Fsp3) is 0.286. The second-order valence-corrected chi connectivity index (χ2v) is 5.73. The van der Waals surface area contributed by atoms with Crippen LogP contribution < -0.4 is 16.6 Å². The molecule has 0 aliphatic rings. The Morgan fingerprint density at radius 3 is 2.75 bits per heavy atom. The molecule has 1 aromatic carbocycles. The average Bonchev–Trinajstić information content (AvgIpc) is 2.78. The van der Waals surface area contributed by atoms with Gasteiger partial charge in [0.05, 0.1) is 16.9 Å². The normalized spacial score (nSPS) is 10.4. The second-order valence-electron chi connectivity index (χ2n) is 4.52. The predicted molar refractivity (Wildman–Crippen MR) is 83.2 cm³/mol. The Hall–Kier alpha value is -1.92. The molecule has 5 nitrogen and oxygen atoms in total. The van der Waals surface area contributed by atoms with Gasteiger partial charge in [-0.15, -0.1) is 11.3 Å². The van der Waals surface area contributed by atoms with Crippen LogP contribution in [0.4, 0.5) is 10.8 Å². The number of nitrogen functional groups attached to an aromatic ring is 1. The van der Waals surface area contributed by atoms with Crippen molar-refractivity contribution in [3.05, 3.63) is 39.9 Å². The molecule has 0 spiro atoms. The Bertz CT molecular complexity index is 636. The van der Waals surface area contributed by atoms with Crippen LogP contribution in [-0.4, -0.2) is 10.9 Å². The molecule has 0 saturated carbocycles. The van der Waals surface area contributed by atoms with Gasteiger partial charge in [-0.3, -0.25) is 16.0 Å². The number of nitrogens with two attached hydrogens (primary N) is 1. The molecule has 0 unspecified atom stereocenters. The van der Waals surface area contributed by atoms with E-state index in [1.54, 1.807) is 12.1 Å². The van der Waals surface area contributed by atoms with Gasteiger partial charge in [0.2, 0.25) is 0 Å². The second kappa shape index (κ2) is 6.02. The molecule has 6 heteroatoms. The molecular weight excluding hydrogens is 272 g/mol. The van der Waals surface area contributed by atoms with Crippen molar-refractivity contribution in [1.29, 1.82) is 0 Å². The number of benzene rings is 1. The lowest BCUT2D eigenvalue weighted by molar-refractivity contribution is 0.102. The highest BCUT2D eigenvalue weighted by molar-refractivity contribution is 7.15. The van der Waals surface area contributed by atoms with E-state index in [0.717, 1.165) is 22.6 Å². The van der Waals surface area contributed by atoms with Crippen LogP contribution >= 0.6 is 11.3 Å². The van der Waals surface area contributed by atoms with Crippen LogP contribution in [0.25, 0.3) is 0 Å². The zero-order valence-electron chi connectivity index (χ0n) is 11.8. The summed E-state index contributed by atoms with van der Waals surface area (Å²) in [6.07, 6.45) is 0.859. The van der Waals surface area contributed by atoms with E-state index in [2.05, 4.69) is 15.7 Å². The number of aromatic nitrogens is 1. The fourth-order valence-corrected chi connectivity index (χ4v) is 2.84. The van der Waals surface area contributed by atoms with E-state index >= 15 is 0 Å². The van der Waals surface area contributed by atoms with E-state index in [1.165, 1.54) is 11.3 Å². The molecule has 2 aromatic rings. The third kappa shape index (κ3) is 2.97. The minimum absolute atomic E-state index is 0.210. The largest absolute Gasteiger partial charge is 0.323 e. The summed E-state index contributed by atoms with van der Waals surface area (Å²) in [6, 6.07) is 5.48. The average molecular weight is 290 g/mol. The van der Waals surface area contributed by atoms with Gasteiger partial charge >= 0.3 is 0 Å². The molecular formula is C14H18N4OS. The number of carbonyl (C=O) groups excluding carboxylic acids is 1. The highest BCUT2D eigenvalue weighted by Crippen LogP contribution is 2.24. The number of amides is 1. The van der Waals surface area contributed by atoms with Crippen LogP contribution in [-0.2, 0) is 6.42 Å². The van der Waals surface area contributed by atoms with Gasteiger partial charge in [0.15, 0.2) is 5.13 Å². The third-order valence-corrected chi connectivity index (χ3v) is 3.95. The molecule has 0 aliphatic heterocycles. The first-order chi connectivity index (χ1) is 9.55. The predicted octanol–water partition coefficient (Wildman–Crippen LogP) is 2.86. The van der Waals surface area contributed by atoms with Crippen molar-refractivity contribution in [3.63, 3.8) is 0 Å². The number of thiazole rings is 1. The first-order valence-corrected chi connectivity index (χ1v) is 7.21.